The Morgan fingerprint density at radius 3 is 2.33 bits per heavy atom. The van der Waals surface area contributed by atoms with E-state index in [-0.39, 0.29) is 18.1 Å². The van der Waals surface area contributed by atoms with Crippen LogP contribution in [0.2, 0.25) is 0 Å². The van der Waals surface area contributed by atoms with Crippen LogP contribution in [0.5, 0.6) is 5.75 Å². The summed E-state index contributed by atoms with van der Waals surface area (Å²) < 4.78 is 6.85. The second kappa shape index (κ2) is 7.86. The topological polar surface area (TPSA) is 73.2 Å². The zero-order chi connectivity index (χ0) is 19.4. The Hall–Kier alpha value is -3.41. The third kappa shape index (κ3) is 4.82. The van der Waals surface area contributed by atoms with E-state index < -0.39 is 0 Å². The molecule has 1 heterocycles. The highest BCUT2D eigenvalue weighted by Crippen LogP contribution is 2.19. The predicted octanol–water partition coefficient (Wildman–Crippen LogP) is 3.08. The second-order valence-corrected chi connectivity index (χ2v) is 6.42. The number of nitrogens with zero attached hydrogens (tertiary/aromatic N) is 2. The highest BCUT2D eigenvalue weighted by atomic mass is 16.5. The van der Waals surface area contributed by atoms with Crippen LogP contribution >= 0.6 is 0 Å². The first-order valence-corrected chi connectivity index (χ1v) is 8.56. The summed E-state index contributed by atoms with van der Waals surface area (Å²) in [6.45, 7) is 3.91. The number of anilines is 1. The van der Waals surface area contributed by atoms with Gasteiger partial charge in [-0.25, -0.2) is 4.68 Å². The molecule has 0 atom stereocenters. The lowest BCUT2D eigenvalue weighted by Crippen LogP contribution is -2.20. The van der Waals surface area contributed by atoms with E-state index in [0.29, 0.717) is 17.1 Å². The zero-order valence-electron chi connectivity index (χ0n) is 15.5. The van der Waals surface area contributed by atoms with Crippen molar-refractivity contribution in [1.82, 2.24) is 9.78 Å². The molecule has 3 rings (SSSR count). The van der Waals surface area contributed by atoms with Crippen molar-refractivity contribution in [1.29, 1.82) is 0 Å². The van der Waals surface area contributed by atoms with Crippen molar-refractivity contribution < 1.29 is 9.53 Å². The predicted molar refractivity (Wildman–Crippen MR) is 105 cm³/mol. The van der Waals surface area contributed by atoms with Crippen LogP contribution in [0.15, 0.2) is 59.4 Å². The lowest BCUT2D eigenvalue weighted by Gasteiger charge is -2.09. The molecule has 2 aromatic carbocycles. The number of hydrogen-bond acceptors (Lipinski definition) is 4. The summed E-state index contributed by atoms with van der Waals surface area (Å²) >= 11 is 0. The molecule has 0 saturated carbocycles. The van der Waals surface area contributed by atoms with Gasteiger partial charge in [0.15, 0.2) is 6.61 Å². The summed E-state index contributed by atoms with van der Waals surface area (Å²) in [4.78, 5) is 23.5. The Bertz CT molecular complexity index is 1000. The maximum atomic E-state index is 12.1. The lowest BCUT2D eigenvalue weighted by atomic mass is 10.1. The Morgan fingerprint density at radius 2 is 1.70 bits per heavy atom. The zero-order valence-corrected chi connectivity index (χ0v) is 15.5. The van der Waals surface area contributed by atoms with E-state index in [0.717, 1.165) is 16.7 Å². The molecule has 0 aliphatic heterocycles. The van der Waals surface area contributed by atoms with E-state index in [4.69, 9.17) is 4.74 Å². The largest absolute Gasteiger partial charge is 0.484 e. The SMILES string of the molecule is Cc1cc(C)cc(OCC(=O)Nc2ccc(-c3ccc(=O)n(C)n3)cc2)c1. The smallest absolute Gasteiger partial charge is 0.266 e. The average molecular weight is 363 g/mol. The third-order valence-corrected chi connectivity index (χ3v) is 3.99. The fraction of sp³-hybridized carbons (Fsp3) is 0.190. The molecule has 6 heteroatoms. The molecular formula is C21H21N3O3. The van der Waals surface area contributed by atoms with Gasteiger partial charge in [-0.1, -0.05) is 18.2 Å². The van der Waals surface area contributed by atoms with Gasteiger partial charge in [0.2, 0.25) is 0 Å². The molecule has 6 nitrogen and oxygen atoms in total. The van der Waals surface area contributed by atoms with Crippen LogP contribution < -0.4 is 15.6 Å². The van der Waals surface area contributed by atoms with Gasteiger partial charge in [-0.05, 0) is 55.3 Å². The van der Waals surface area contributed by atoms with Crippen molar-refractivity contribution >= 4 is 11.6 Å². The Balaban J connectivity index is 1.61. The first-order chi connectivity index (χ1) is 12.9. The van der Waals surface area contributed by atoms with Crippen molar-refractivity contribution in [3.05, 3.63) is 76.1 Å². The van der Waals surface area contributed by atoms with Crippen molar-refractivity contribution in [2.45, 2.75) is 13.8 Å². The average Bonchev–Trinajstić information content (AvgIpc) is 2.62. The second-order valence-electron chi connectivity index (χ2n) is 6.42. The summed E-state index contributed by atoms with van der Waals surface area (Å²) in [5.74, 6) is 0.445. The van der Waals surface area contributed by atoms with Gasteiger partial charge < -0.3 is 10.1 Å². The molecule has 0 aliphatic rings. The minimum atomic E-state index is -0.234. The molecule has 1 N–H and O–H groups in total. The van der Waals surface area contributed by atoms with E-state index in [2.05, 4.69) is 10.4 Å². The van der Waals surface area contributed by atoms with E-state index in [1.807, 2.05) is 44.2 Å². The number of carbonyl (C=O) groups excluding carboxylic acids is 1. The van der Waals surface area contributed by atoms with Crippen LogP contribution in [0.1, 0.15) is 11.1 Å². The van der Waals surface area contributed by atoms with Crippen LogP contribution in [-0.4, -0.2) is 22.3 Å². The van der Waals surface area contributed by atoms with Crippen LogP contribution in [0.3, 0.4) is 0 Å². The highest BCUT2D eigenvalue weighted by molar-refractivity contribution is 5.92. The van der Waals surface area contributed by atoms with Crippen molar-refractivity contribution in [3.8, 4) is 17.0 Å². The molecular weight excluding hydrogens is 342 g/mol. The van der Waals surface area contributed by atoms with E-state index in [1.165, 1.54) is 10.7 Å². The number of rotatable bonds is 5. The summed E-state index contributed by atoms with van der Waals surface area (Å²) in [7, 11) is 1.61. The fourth-order valence-electron chi connectivity index (χ4n) is 2.74. The summed E-state index contributed by atoms with van der Waals surface area (Å²) in [6.07, 6.45) is 0. The van der Waals surface area contributed by atoms with Crippen molar-refractivity contribution in [2.75, 3.05) is 11.9 Å². The number of amides is 1. The fourth-order valence-corrected chi connectivity index (χ4v) is 2.74. The van der Waals surface area contributed by atoms with Gasteiger partial charge in [-0.3, -0.25) is 9.59 Å². The molecule has 0 saturated heterocycles. The standard InChI is InChI=1S/C21H21N3O3/c1-14-10-15(2)12-18(11-14)27-13-20(25)22-17-6-4-16(5-7-17)19-8-9-21(26)24(3)23-19/h4-12H,13H2,1-3H3,(H,22,25). The minimum absolute atomic E-state index is 0.0625. The molecule has 1 amide bonds. The maximum absolute atomic E-state index is 12.1. The Labute approximate surface area is 157 Å². The molecule has 1 aromatic heterocycles. The molecule has 0 bridgehead atoms. The van der Waals surface area contributed by atoms with Crippen LogP contribution in [0.4, 0.5) is 5.69 Å². The molecule has 0 unspecified atom stereocenters. The van der Waals surface area contributed by atoms with Gasteiger partial charge in [0.25, 0.3) is 11.5 Å². The summed E-state index contributed by atoms with van der Waals surface area (Å²) in [5, 5.41) is 7.01. The van der Waals surface area contributed by atoms with E-state index >= 15 is 0 Å². The quantitative estimate of drug-likeness (QED) is 0.756. The molecule has 3 aromatic rings. The molecule has 138 valence electrons. The summed E-state index contributed by atoms with van der Waals surface area (Å²) in [5.41, 5.74) is 4.23. The Kier molecular flexibility index (Phi) is 5.35. The highest BCUT2D eigenvalue weighted by Gasteiger charge is 2.06. The molecule has 0 spiro atoms. The van der Waals surface area contributed by atoms with E-state index in [9.17, 15) is 9.59 Å². The number of nitrogens with one attached hydrogen (secondary N) is 1. The van der Waals surface area contributed by atoms with E-state index in [1.54, 1.807) is 25.2 Å². The molecule has 0 fully saturated rings. The first kappa shape index (κ1) is 18.4. The normalized spacial score (nSPS) is 10.5. The minimum Gasteiger partial charge on any atom is -0.484 e. The van der Waals surface area contributed by atoms with Gasteiger partial charge in [-0.15, -0.1) is 0 Å². The lowest BCUT2D eigenvalue weighted by molar-refractivity contribution is -0.118. The van der Waals surface area contributed by atoms with Crippen LogP contribution in [0.25, 0.3) is 11.3 Å². The monoisotopic (exact) mass is 363 g/mol. The first-order valence-electron chi connectivity index (χ1n) is 8.56. The van der Waals surface area contributed by atoms with Crippen LogP contribution in [-0.2, 0) is 11.8 Å². The van der Waals surface area contributed by atoms with Crippen molar-refractivity contribution in [3.63, 3.8) is 0 Å². The number of carbonyl (C=O) groups is 1. The number of hydrogen-bond donors (Lipinski definition) is 1. The van der Waals surface area contributed by atoms with Crippen LogP contribution in [0, 0.1) is 13.8 Å². The van der Waals surface area contributed by atoms with Crippen molar-refractivity contribution in [2.24, 2.45) is 7.05 Å². The van der Waals surface area contributed by atoms with Gasteiger partial charge >= 0.3 is 0 Å². The van der Waals surface area contributed by atoms with Gasteiger partial charge in [0.1, 0.15) is 5.75 Å². The van der Waals surface area contributed by atoms with Gasteiger partial charge in [0.05, 0.1) is 5.69 Å². The molecule has 0 aliphatic carbocycles. The Morgan fingerprint density at radius 1 is 1.04 bits per heavy atom. The molecule has 27 heavy (non-hydrogen) atoms. The third-order valence-electron chi connectivity index (χ3n) is 3.99. The molecule has 0 radical (unpaired) electrons. The maximum Gasteiger partial charge on any atom is 0.266 e. The van der Waals surface area contributed by atoms with Gasteiger partial charge in [0, 0.05) is 24.4 Å². The number of ether oxygens (including phenoxy) is 1. The number of aromatic nitrogens is 2. The number of benzene rings is 2. The number of aryl methyl sites for hydroxylation is 3. The summed E-state index contributed by atoms with van der Waals surface area (Å²) in [6, 6.07) is 16.3. The van der Waals surface area contributed by atoms with Gasteiger partial charge in [-0.2, -0.15) is 5.10 Å².